The summed E-state index contributed by atoms with van der Waals surface area (Å²) in [5, 5.41) is 0. The van der Waals surface area contributed by atoms with Gasteiger partial charge in [-0.1, -0.05) is 15.2 Å². The second-order valence-corrected chi connectivity index (χ2v) is 10.8. The zero-order valence-electron chi connectivity index (χ0n) is 6.29. The van der Waals surface area contributed by atoms with E-state index in [2.05, 4.69) is 0 Å². The molecule has 0 nitrogen and oxygen atoms in total. The lowest BCUT2D eigenvalue weighted by Gasteiger charge is -2.46. The van der Waals surface area contributed by atoms with Gasteiger partial charge < -0.3 is 0 Å². The van der Waals surface area contributed by atoms with E-state index in [0.717, 1.165) is 0 Å². The summed E-state index contributed by atoms with van der Waals surface area (Å²) in [6, 6.07) is 0. The highest BCUT2D eigenvalue weighted by Gasteiger charge is 2.53. The molecule has 4 unspecified atom stereocenters. The van der Waals surface area contributed by atoms with Gasteiger partial charge >= 0.3 is 0 Å². The zero-order chi connectivity index (χ0) is 6.55. The molecule has 3 rings (SSSR count). The van der Waals surface area contributed by atoms with Crippen LogP contribution in [0, 0.1) is 0 Å². The van der Waals surface area contributed by atoms with Crippen molar-refractivity contribution in [3.8, 4) is 0 Å². The van der Waals surface area contributed by atoms with E-state index in [4.69, 9.17) is 0 Å². The first-order chi connectivity index (χ1) is 4.97. The molecular weight excluding hydrogens is 158 g/mol. The monoisotopic (exact) mass is 172 g/mol. The first-order valence-electron chi connectivity index (χ1n) is 4.50. The van der Waals surface area contributed by atoms with Crippen molar-refractivity contribution in [1.82, 2.24) is 0 Å². The summed E-state index contributed by atoms with van der Waals surface area (Å²) in [6.07, 6.45) is 9.84. The molecule has 0 bridgehead atoms. The van der Waals surface area contributed by atoms with Gasteiger partial charge in [0.15, 0.2) is 0 Å². The van der Waals surface area contributed by atoms with Gasteiger partial charge in [0, 0.05) is 0 Å². The van der Waals surface area contributed by atoms with Crippen LogP contribution >= 0.6 is 15.2 Å². The summed E-state index contributed by atoms with van der Waals surface area (Å²) in [4.78, 5) is 0. The maximum absolute atomic E-state index is 1.68. The maximum Gasteiger partial charge on any atom is -0.00994 e. The molecule has 0 spiro atoms. The Bertz CT molecular complexity index is 115. The third kappa shape index (κ3) is 0.657. The lowest BCUT2D eigenvalue weighted by atomic mass is 10.1. The van der Waals surface area contributed by atoms with Gasteiger partial charge in [-0.2, -0.15) is 0 Å². The highest BCUT2D eigenvalue weighted by molar-refractivity contribution is 8.33. The lowest BCUT2D eigenvalue weighted by Crippen LogP contribution is -2.25. The molecule has 3 aliphatic rings. The standard InChI is InChI=1S/C8H14P2/c1-3-7-8-4-2-6-10(8)9(7)5-1/h7-8H,1-6H2. The number of hydrogen-bond donors (Lipinski definition) is 0. The Morgan fingerprint density at radius 3 is 1.80 bits per heavy atom. The number of fused-ring (bicyclic) bond motifs is 4. The van der Waals surface area contributed by atoms with Crippen LogP contribution in [-0.4, -0.2) is 23.6 Å². The van der Waals surface area contributed by atoms with Gasteiger partial charge in [-0.05, 0) is 49.3 Å². The Kier molecular flexibility index (Phi) is 1.39. The molecule has 0 aliphatic carbocycles. The highest BCUT2D eigenvalue weighted by Crippen LogP contribution is 2.90. The summed E-state index contributed by atoms with van der Waals surface area (Å²) in [7, 11) is 1.36. The molecule has 0 saturated carbocycles. The van der Waals surface area contributed by atoms with E-state index in [1.165, 1.54) is 11.3 Å². The van der Waals surface area contributed by atoms with Crippen molar-refractivity contribution in [2.24, 2.45) is 0 Å². The summed E-state index contributed by atoms with van der Waals surface area (Å²) >= 11 is 0. The predicted molar refractivity (Wildman–Crippen MR) is 49.6 cm³/mol. The third-order valence-electron chi connectivity index (χ3n) is 3.31. The highest BCUT2D eigenvalue weighted by atomic mass is 32.1. The number of hydrogen-bond acceptors (Lipinski definition) is 0. The molecule has 0 aromatic heterocycles. The van der Waals surface area contributed by atoms with Crippen LogP contribution in [0.5, 0.6) is 0 Å². The molecule has 3 heterocycles. The maximum atomic E-state index is 1.68. The molecule has 0 aromatic rings. The Balaban J connectivity index is 1.84. The van der Waals surface area contributed by atoms with Crippen LogP contribution in [0.15, 0.2) is 0 Å². The minimum absolute atomic E-state index is 0.679. The predicted octanol–water partition coefficient (Wildman–Crippen LogP) is 3.20. The quantitative estimate of drug-likeness (QED) is 0.492. The molecule has 56 valence electrons. The lowest BCUT2D eigenvalue weighted by molar-refractivity contribution is 0.691. The third-order valence-corrected chi connectivity index (χ3v) is 13.5. The van der Waals surface area contributed by atoms with E-state index in [9.17, 15) is 0 Å². The summed E-state index contributed by atoms with van der Waals surface area (Å²) < 4.78 is 0. The fourth-order valence-electron chi connectivity index (χ4n) is 2.90. The second kappa shape index (κ2) is 2.18. The van der Waals surface area contributed by atoms with Crippen molar-refractivity contribution in [2.45, 2.75) is 37.0 Å². The van der Waals surface area contributed by atoms with Gasteiger partial charge in [0.25, 0.3) is 0 Å². The fraction of sp³-hybridized carbons (Fsp3) is 1.00. The molecule has 0 amide bonds. The van der Waals surface area contributed by atoms with Crippen LogP contribution in [0.1, 0.15) is 25.7 Å². The average molecular weight is 172 g/mol. The van der Waals surface area contributed by atoms with Crippen molar-refractivity contribution < 1.29 is 0 Å². The SMILES string of the molecule is C1CC2C3CCCP3P2C1. The Morgan fingerprint density at radius 2 is 1.30 bits per heavy atom. The molecule has 2 heteroatoms. The average Bonchev–Trinajstić information content (AvgIpc) is 2.42. The Labute approximate surface area is 65.2 Å². The summed E-state index contributed by atoms with van der Waals surface area (Å²) in [6.45, 7) is 0. The minimum Gasteiger partial charge on any atom is -0.0769 e. The smallest absolute Gasteiger partial charge is 0.00994 e. The van der Waals surface area contributed by atoms with Gasteiger partial charge in [-0.25, -0.2) is 0 Å². The van der Waals surface area contributed by atoms with E-state index in [-0.39, 0.29) is 0 Å². The van der Waals surface area contributed by atoms with Crippen LogP contribution in [0.4, 0.5) is 0 Å². The van der Waals surface area contributed by atoms with E-state index >= 15 is 0 Å². The molecule has 0 aromatic carbocycles. The molecule has 4 atom stereocenters. The number of rotatable bonds is 0. The molecule has 0 radical (unpaired) electrons. The van der Waals surface area contributed by atoms with E-state index < -0.39 is 0 Å². The first kappa shape index (κ1) is 6.38. The van der Waals surface area contributed by atoms with Crippen LogP contribution in [-0.2, 0) is 0 Å². The molecule has 3 aliphatic heterocycles. The topological polar surface area (TPSA) is 0 Å². The van der Waals surface area contributed by atoms with Crippen molar-refractivity contribution in [1.29, 1.82) is 0 Å². The van der Waals surface area contributed by atoms with Crippen LogP contribution in [0.25, 0.3) is 0 Å². The van der Waals surface area contributed by atoms with Crippen molar-refractivity contribution in [3.63, 3.8) is 0 Å². The van der Waals surface area contributed by atoms with E-state index in [0.29, 0.717) is 15.2 Å². The van der Waals surface area contributed by atoms with Gasteiger partial charge in [-0.15, -0.1) is 0 Å². The van der Waals surface area contributed by atoms with Crippen molar-refractivity contribution >= 4 is 15.2 Å². The summed E-state index contributed by atoms with van der Waals surface area (Å²) in [5.41, 5.74) is 2.62. The molecule has 0 N–H and O–H groups in total. The van der Waals surface area contributed by atoms with Gasteiger partial charge in [0.2, 0.25) is 0 Å². The second-order valence-electron chi connectivity index (χ2n) is 3.75. The van der Waals surface area contributed by atoms with Gasteiger partial charge in [-0.3, -0.25) is 0 Å². The van der Waals surface area contributed by atoms with E-state index in [1.54, 1.807) is 38.0 Å². The van der Waals surface area contributed by atoms with Crippen LogP contribution < -0.4 is 0 Å². The van der Waals surface area contributed by atoms with Gasteiger partial charge in [0.05, 0.1) is 0 Å². The fourth-order valence-corrected chi connectivity index (χ4v) is 14.2. The summed E-state index contributed by atoms with van der Waals surface area (Å²) in [5.74, 6) is 0. The molecule has 3 saturated heterocycles. The van der Waals surface area contributed by atoms with Crippen LogP contribution in [0.2, 0.25) is 0 Å². The van der Waals surface area contributed by atoms with E-state index in [1.807, 2.05) is 0 Å². The van der Waals surface area contributed by atoms with Gasteiger partial charge in [0.1, 0.15) is 0 Å². The zero-order valence-corrected chi connectivity index (χ0v) is 8.08. The molecule has 10 heavy (non-hydrogen) atoms. The molecular formula is C8H14P2. The van der Waals surface area contributed by atoms with Crippen molar-refractivity contribution in [2.75, 3.05) is 12.3 Å². The molecule has 3 fully saturated rings. The normalized spacial score (nSPS) is 57.6. The largest absolute Gasteiger partial charge is 0.0769 e. The van der Waals surface area contributed by atoms with Crippen molar-refractivity contribution in [3.05, 3.63) is 0 Å². The Hall–Kier alpha value is 0.860. The van der Waals surface area contributed by atoms with Crippen LogP contribution in [0.3, 0.4) is 0 Å². The first-order valence-corrected chi connectivity index (χ1v) is 8.40. The minimum atomic E-state index is 0.679. The Morgan fingerprint density at radius 1 is 0.800 bits per heavy atom.